The van der Waals surface area contributed by atoms with Crippen molar-refractivity contribution in [1.82, 2.24) is 25.7 Å². The molecule has 1 fully saturated rings. The smallest absolute Gasteiger partial charge is 0.276 e. The SMILES string of the molecule is CSc1nnc(C(CC(C)C)C(=O)NC(=O)[C@@H]2CCCC[C@@H]2NC(=O)c2ccc(F)cc2CN(C)C)o1.Cl. The van der Waals surface area contributed by atoms with E-state index in [1.165, 1.54) is 30.0 Å². The number of rotatable bonds is 10. The fourth-order valence-corrected chi connectivity index (χ4v) is 4.95. The first-order chi connectivity index (χ1) is 17.6. The lowest BCUT2D eigenvalue weighted by atomic mass is 9.83. The summed E-state index contributed by atoms with van der Waals surface area (Å²) in [5, 5.41) is 13.8. The molecule has 0 saturated heterocycles. The lowest BCUT2D eigenvalue weighted by Gasteiger charge is -2.31. The first-order valence-corrected chi connectivity index (χ1v) is 13.8. The Morgan fingerprint density at radius 1 is 1.18 bits per heavy atom. The van der Waals surface area contributed by atoms with E-state index in [1.807, 2.05) is 32.8 Å². The first kappa shape index (κ1) is 31.7. The summed E-state index contributed by atoms with van der Waals surface area (Å²) in [5.74, 6) is -2.67. The Morgan fingerprint density at radius 3 is 2.53 bits per heavy atom. The molecule has 2 N–H and O–H groups in total. The molecule has 0 aliphatic heterocycles. The van der Waals surface area contributed by atoms with Crippen molar-refractivity contribution < 1.29 is 23.2 Å². The average molecular weight is 570 g/mol. The second-order valence-corrected chi connectivity index (χ2v) is 10.9. The van der Waals surface area contributed by atoms with E-state index in [9.17, 15) is 18.8 Å². The molecule has 1 aromatic heterocycles. The number of halogens is 2. The molecular weight excluding hydrogens is 533 g/mol. The molecule has 3 amide bonds. The summed E-state index contributed by atoms with van der Waals surface area (Å²) in [6.45, 7) is 4.34. The predicted molar refractivity (Wildman–Crippen MR) is 146 cm³/mol. The summed E-state index contributed by atoms with van der Waals surface area (Å²) >= 11 is 1.28. The zero-order chi connectivity index (χ0) is 27.1. The van der Waals surface area contributed by atoms with Gasteiger partial charge in [-0.25, -0.2) is 4.39 Å². The number of carbonyl (C=O) groups excluding carboxylic acids is 3. The topological polar surface area (TPSA) is 117 Å². The van der Waals surface area contributed by atoms with Crippen molar-refractivity contribution in [1.29, 1.82) is 0 Å². The van der Waals surface area contributed by atoms with Crippen LogP contribution in [0.4, 0.5) is 4.39 Å². The first-order valence-electron chi connectivity index (χ1n) is 12.5. The van der Waals surface area contributed by atoms with Gasteiger partial charge in [-0.05, 0) is 69.3 Å². The molecule has 1 heterocycles. The summed E-state index contributed by atoms with van der Waals surface area (Å²) in [4.78, 5) is 41.5. The van der Waals surface area contributed by atoms with Gasteiger partial charge in [-0.2, -0.15) is 0 Å². The van der Waals surface area contributed by atoms with E-state index in [-0.39, 0.29) is 30.1 Å². The number of nitrogens with zero attached hydrogens (tertiary/aromatic N) is 3. The Bertz CT molecular complexity index is 1110. The van der Waals surface area contributed by atoms with E-state index in [0.717, 1.165) is 12.8 Å². The highest BCUT2D eigenvalue weighted by molar-refractivity contribution is 7.98. The molecule has 2 aromatic rings. The zero-order valence-corrected chi connectivity index (χ0v) is 24.1. The molecule has 210 valence electrons. The molecular formula is C26H37ClFN5O4S. The van der Waals surface area contributed by atoms with Crippen LogP contribution in [0.3, 0.4) is 0 Å². The molecule has 0 radical (unpaired) electrons. The normalized spacial score (nSPS) is 18.1. The number of carbonyl (C=O) groups is 3. The van der Waals surface area contributed by atoms with Gasteiger partial charge in [0.15, 0.2) is 0 Å². The summed E-state index contributed by atoms with van der Waals surface area (Å²) < 4.78 is 19.4. The van der Waals surface area contributed by atoms with Crippen LogP contribution in [0.25, 0.3) is 0 Å². The molecule has 9 nitrogen and oxygen atoms in total. The van der Waals surface area contributed by atoms with Crippen molar-refractivity contribution in [2.24, 2.45) is 11.8 Å². The molecule has 1 aromatic carbocycles. The molecule has 3 atom stereocenters. The lowest BCUT2D eigenvalue weighted by molar-refractivity contribution is -0.135. The largest absolute Gasteiger partial charge is 0.415 e. The van der Waals surface area contributed by atoms with E-state index < -0.39 is 35.5 Å². The zero-order valence-electron chi connectivity index (χ0n) is 22.5. The second-order valence-electron chi connectivity index (χ2n) is 10.2. The van der Waals surface area contributed by atoms with Crippen molar-refractivity contribution >= 4 is 41.9 Å². The minimum atomic E-state index is -0.748. The highest BCUT2D eigenvalue weighted by atomic mass is 35.5. The third-order valence-corrected chi connectivity index (χ3v) is 6.90. The van der Waals surface area contributed by atoms with Crippen LogP contribution in [0.1, 0.15) is 73.7 Å². The number of amides is 3. The number of imide groups is 1. The summed E-state index contributed by atoms with van der Waals surface area (Å²) in [6.07, 6.45) is 5.07. The fourth-order valence-electron chi connectivity index (χ4n) is 4.66. The average Bonchev–Trinajstić information content (AvgIpc) is 3.31. The van der Waals surface area contributed by atoms with Crippen molar-refractivity contribution in [2.45, 2.75) is 69.7 Å². The fraction of sp³-hybridized carbons (Fsp3) is 0.577. The maximum Gasteiger partial charge on any atom is 0.276 e. The summed E-state index contributed by atoms with van der Waals surface area (Å²) in [6, 6.07) is 3.64. The van der Waals surface area contributed by atoms with E-state index in [4.69, 9.17) is 4.42 Å². The maximum atomic E-state index is 13.8. The molecule has 38 heavy (non-hydrogen) atoms. The molecule has 1 aliphatic carbocycles. The Labute approximate surface area is 233 Å². The van der Waals surface area contributed by atoms with Crippen LogP contribution >= 0.6 is 24.2 Å². The van der Waals surface area contributed by atoms with E-state index >= 15 is 0 Å². The van der Waals surface area contributed by atoms with Gasteiger partial charge in [0.25, 0.3) is 11.1 Å². The highest BCUT2D eigenvalue weighted by Gasteiger charge is 2.36. The van der Waals surface area contributed by atoms with Gasteiger partial charge in [0.05, 0.1) is 5.92 Å². The quantitative estimate of drug-likeness (QED) is 0.409. The van der Waals surface area contributed by atoms with E-state index in [1.54, 1.807) is 6.26 Å². The number of hydrogen-bond acceptors (Lipinski definition) is 8. The number of aromatic nitrogens is 2. The number of hydrogen-bond donors (Lipinski definition) is 2. The van der Waals surface area contributed by atoms with Crippen LogP contribution in [0.5, 0.6) is 0 Å². The lowest BCUT2D eigenvalue weighted by Crippen LogP contribution is -2.50. The molecule has 1 unspecified atom stereocenters. The van der Waals surface area contributed by atoms with Gasteiger partial charge in [-0.1, -0.05) is 38.5 Å². The summed E-state index contributed by atoms with van der Waals surface area (Å²) in [5.41, 5.74) is 0.934. The molecule has 1 aliphatic rings. The van der Waals surface area contributed by atoms with Gasteiger partial charge in [0.2, 0.25) is 17.7 Å². The maximum absolute atomic E-state index is 13.8. The van der Waals surface area contributed by atoms with Crippen molar-refractivity contribution in [3.05, 3.63) is 41.0 Å². The molecule has 1 saturated carbocycles. The summed E-state index contributed by atoms with van der Waals surface area (Å²) in [7, 11) is 3.68. The number of thioether (sulfide) groups is 1. The van der Waals surface area contributed by atoms with Gasteiger partial charge in [-0.15, -0.1) is 22.6 Å². The predicted octanol–water partition coefficient (Wildman–Crippen LogP) is 4.18. The molecule has 0 bridgehead atoms. The van der Waals surface area contributed by atoms with E-state index in [0.29, 0.717) is 42.2 Å². The van der Waals surface area contributed by atoms with Crippen molar-refractivity contribution in [3.63, 3.8) is 0 Å². The number of benzene rings is 1. The highest BCUT2D eigenvalue weighted by Crippen LogP contribution is 2.28. The standard InChI is InChI=1S/C26H36FN5O4S.ClH/c1-15(2)12-20(25-30-31-26(36-25)37-5)24(35)29-23(34)19-8-6-7-9-21(19)28-22(33)18-11-10-17(27)13-16(18)14-32(3)4;/h10-11,13,15,19-21H,6-9,12,14H2,1-5H3,(H,28,33)(H,29,34,35);1H/t19-,20?,21+;/m1./s1. The Morgan fingerprint density at radius 2 is 1.89 bits per heavy atom. The second kappa shape index (κ2) is 14.6. The van der Waals surface area contributed by atoms with Crippen molar-refractivity contribution in [3.8, 4) is 0 Å². The van der Waals surface area contributed by atoms with Crippen LogP contribution in [-0.4, -0.2) is 59.2 Å². The number of nitrogens with one attached hydrogen (secondary N) is 2. The Balaban J connectivity index is 0.00000507. The third kappa shape index (κ3) is 8.51. The monoisotopic (exact) mass is 569 g/mol. The Hall–Kier alpha value is -2.50. The minimum Gasteiger partial charge on any atom is -0.415 e. The third-order valence-electron chi connectivity index (χ3n) is 6.38. The Kier molecular flexibility index (Phi) is 12.2. The van der Waals surface area contributed by atoms with E-state index in [2.05, 4.69) is 20.8 Å². The van der Waals surface area contributed by atoms with Crippen LogP contribution in [-0.2, 0) is 16.1 Å². The van der Waals surface area contributed by atoms with Crippen LogP contribution in [0, 0.1) is 17.7 Å². The molecule has 0 spiro atoms. The minimum absolute atomic E-state index is 0. The van der Waals surface area contributed by atoms with Gasteiger partial charge in [0, 0.05) is 18.2 Å². The van der Waals surface area contributed by atoms with Gasteiger partial charge in [-0.3, -0.25) is 19.7 Å². The van der Waals surface area contributed by atoms with Crippen molar-refractivity contribution in [2.75, 3.05) is 20.4 Å². The van der Waals surface area contributed by atoms with Gasteiger partial charge in [0.1, 0.15) is 11.7 Å². The van der Waals surface area contributed by atoms with Gasteiger partial charge < -0.3 is 14.6 Å². The molecule has 3 rings (SSSR count). The van der Waals surface area contributed by atoms with Gasteiger partial charge >= 0.3 is 0 Å². The van der Waals surface area contributed by atoms with Crippen LogP contribution in [0.2, 0.25) is 0 Å². The van der Waals surface area contributed by atoms with Crippen LogP contribution < -0.4 is 10.6 Å². The van der Waals surface area contributed by atoms with Crippen LogP contribution in [0.15, 0.2) is 27.8 Å². The molecule has 12 heteroatoms.